The Bertz CT molecular complexity index is 1380. The molecule has 1 atom stereocenters. The number of carbonyl (C=O) groups is 2. The zero-order chi connectivity index (χ0) is 29.3. The van der Waals surface area contributed by atoms with Gasteiger partial charge in [-0.2, -0.15) is 0 Å². The number of amides is 2. The number of sulfonamides is 1. The summed E-state index contributed by atoms with van der Waals surface area (Å²) in [5, 5.41) is 2.88. The summed E-state index contributed by atoms with van der Waals surface area (Å²) < 4.78 is 39.2. The molecule has 0 unspecified atom stereocenters. The van der Waals surface area contributed by atoms with E-state index in [1.165, 1.54) is 24.1 Å². The zero-order valence-electron chi connectivity index (χ0n) is 23.5. The fourth-order valence-corrected chi connectivity index (χ4v) is 5.40. The summed E-state index contributed by atoms with van der Waals surface area (Å²) >= 11 is 0. The van der Waals surface area contributed by atoms with Crippen LogP contribution in [0.25, 0.3) is 0 Å². The molecule has 9 nitrogen and oxygen atoms in total. The van der Waals surface area contributed by atoms with Gasteiger partial charge in [0, 0.05) is 19.2 Å². The minimum Gasteiger partial charge on any atom is -0.497 e. The SMILES string of the molecule is COc1ccc(CN(C(=O)CN(c2cccc(OC)c2)S(=O)(=O)c2ccccc2)[C@H](C)C(=O)NCC(C)C)cc1. The number of rotatable bonds is 13. The van der Waals surface area contributed by atoms with E-state index in [0.717, 1.165) is 9.87 Å². The second-order valence-corrected chi connectivity index (χ2v) is 11.6. The Morgan fingerprint density at radius 2 is 1.50 bits per heavy atom. The van der Waals surface area contributed by atoms with Crippen molar-refractivity contribution in [2.45, 2.75) is 38.3 Å². The van der Waals surface area contributed by atoms with E-state index in [4.69, 9.17) is 9.47 Å². The molecule has 0 aromatic heterocycles. The molecule has 0 aliphatic heterocycles. The average molecular weight is 568 g/mol. The third kappa shape index (κ3) is 7.75. The molecule has 0 heterocycles. The van der Waals surface area contributed by atoms with Crippen LogP contribution in [-0.2, 0) is 26.2 Å². The van der Waals surface area contributed by atoms with E-state index < -0.39 is 28.5 Å². The lowest BCUT2D eigenvalue weighted by atomic mass is 10.1. The van der Waals surface area contributed by atoms with Crippen LogP contribution in [0.15, 0.2) is 83.8 Å². The Hall–Kier alpha value is -4.05. The molecule has 2 amide bonds. The number of hydrogen-bond donors (Lipinski definition) is 1. The molecular weight excluding hydrogens is 530 g/mol. The van der Waals surface area contributed by atoms with Gasteiger partial charge in [0.15, 0.2) is 0 Å². The van der Waals surface area contributed by atoms with Crippen LogP contribution < -0.4 is 19.1 Å². The summed E-state index contributed by atoms with van der Waals surface area (Å²) in [6.45, 7) is 5.61. The van der Waals surface area contributed by atoms with Crippen molar-refractivity contribution in [3.8, 4) is 11.5 Å². The minimum atomic E-state index is -4.14. The standard InChI is InChI=1S/C30H37N3O6S/c1-22(2)19-31-30(35)23(3)32(20-24-14-16-26(38-4)17-15-24)29(34)21-33(25-10-9-11-27(18-25)39-5)40(36,37)28-12-7-6-8-13-28/h6-18,22-23H,19-21H2,1-5H3,(H,31,35)/t23-/m1/s1. The van der Waals surface area contributed by atoms with Crippen molar-refractivity contribution in [3.63, 3.8) is 0 Å². The van der Waals surface area contributed by atoms with Crippen molar-refractivity contribution in [1.82, 2.24) is 10.2 Å². The maximum atomic E-state index is 14.0. The predicted octanol–water partition coefficient (Wildman–Crippen LogP) is 4.09. The van der Waals surface area contributed by atoms with Gasteiger partial charge in [-0.25, -0.2) is 8.42 Å². The lowest BCUT2D eigenvalue weighted by Gasteiger charge is -2.32. The molecule has 0 spiro atoms. The predicted molar refractivity (Wildman–Crippen MR) is 155 cm³/mol. The monoisotopic (exact) mass is 567 g/mol. The van der Waals surface area contributed by atoms with Gasteiger partial charge in [-0.05, 0) is 54.8 Å². The molecule has 0 saturated carbocycles. The molecule has 3 rings (SSSR count). The lowest BCUT2D eigenvalue weighted by Crippen LogP contribution is -2.51. The second-order valence-electron chi connectivity index (χ2n) is 9.71. The van der Waals surface area contributed by atoms with Crippen LogP contribution in [0.1, 0.15) is 26.3 Å². The van der Waals surface area contributed by atoms with Crippen LogP contribution in [0.2, 0.25) is 0 Å². The van der Waals surface area contributed by atoms with Crippen molar-refractivity contribution in [1.29, 1.82) is 0 Å². The first-order valence-electron chi connectivity index (χ1n) is 13.0. The largest absolute Gasteiger partial charge is 0.497 e. The van der Waals surface area contributed by atoms with Gasteiger partial charge >= 0.3 is 0 Å². The van der Waals surface area contributed by atoms with Gasteiger partial charge in [-0.15, -0.1) is 0 Å². The maximum Gasteiger partial charge on any atom is 0.264 e. The third-order valence-electron chi connectivity index (χ3n) is 6.32. The van der Waals surface area contributed by atoms with Crippen molar-refractivity contribution in [2.75, 3.05) is 31.6 Å². The summed E-state index contributed by atoms with van der Waals surface area (Å²) in [6.07, 6.45) is 0. The summed E-state index contributed by atoms with van der Waals surface area (Å²) in [7, 11) is -1.10. The van der Waals surface area contributed by atoms with Crippen LogP contribution in [0.5, 0.6) is 11.5 Å². The molecule has 0 fully saturated rings. The van der Waals surface area contributed by atoms with Crippen LogP contribution in [0.3, 0.4) is 0 Å². The second kappa shape index (κ2) is 13.8. The van der Waals surface area contributed by atoms with E-state index in [-0.39, 0.29) is 29.0 Å². The van der Waals surface area contributed by atoms with Gasteiger partial charge < -0.3 is 19.7 Å². The minimum absolute atomic E-state index is 0.0371. The highest BCUT2D eigenvalue weighted by Gasteiger charge is 2.32. The van der Waals surface area contributed by atoms with E-state index in [2.05, 4.69) is 5.32 Å². The van der Waals surface area contributed by atoms with Crippen LogP contribution >= 0.6 is 0 Å². The summed E-state index contributed by atoms with van der Waals surface area (Å²) in [6, 6.07) is 20.7. The van der Waals surface area contributed by atoms with Crippen LogP contribution in [-0.4, -0.2) is 58.5 Å². The molecule has 0 saturated heterocycles. The van der Waals surface area contributed by atoms with Crippen molar-refractivity contribution in [2.24, 2.45) is 5.92 Å². The van der Waals surface area contributed by atoms with Crippen LogP contribution in [0.4, 0.5) is 5.69 Å². The van der Waals surface area contributed by atoms with Gasteiger partial charge in [0.05, 0.1) is 24.8 Å². The first kappa shape index (κ1) is 30.5. The van der Waals surface area contributed by atoms with Gasteiger partial charge in [-0.3, -0.25) is 13.9 Å². The molecule has 10 heteroatoms. The summed E-state index contributed by atoms with van der Waals surface area (Å²) in [5.74, 6) is 0.457. The molecule has 0 radical (unpaired) electrons. The average Bonchev–Trinajstić information content (AvgIpc) is 2.97. The quantitative estimate of drug-likeness (QED) is 0.334. The van der Waals surface area contributed by atoms with Gasteiger partial charge in [0.25, 0.3) is 10.0 Å². The fourth-order valence-electron chi connectivity index (χ4n) is 3.98. The molecule has 3 aromatic carbocycles. The van der Waals surface area contributed by atoms with E-state index in [1.807, 2.05) is 13.8 Å². The highest BCUT2D eigenvalue weighted by molar-refractivity contribution is 7.92. The number of hydrogen-bond acceptors (Lipinski definition) is 6. The van der Waals surface area contributed by atoms with Gasteiger partial charge in [0.2, 0.25) is 11.8 Å². The summed E-state index contributed by atoms with van der Waals surface area (Å²) in [4.78, 5) is 28.5. The number of nitrogens with zero attached hydrogens (tertiary/aromatic N) is 2. The number of ether oxygens (including phenoxy) is 2. The molecule has 0 aliphatic rings. The first-order chi connectivity index (χ1) is 19.1. The molecule has 0 bridgehead atoms. The number of nitrogens with one attached hydrogen (secondary N) is 1. The highest BCUT2D eigenvalue weighted by atomic mass is 32.2. The molecular formula is C30H37N3O6S. The lowest BCUT2D eigenvalue weighted by molar-refractivity contribution is -0.139. The molecule has 0 aliphatic carbocycles. The Morgan fingerprint density at radius 1 is 0.850 bits per heavy atom. The van der Waals surface area contributed by atoms with Gasteiger partial charge in [0.1, 0.15) is 24.1 Å². The highest BCUT2D eigenvalue weighted by Crippen LogP contribution is 2.27. The number of methoxy groups -OCH3 is 2. The smallest absolute Gasteiger partial charge is 0.264 e. The molecule has 3 aromatic rings. The number of benzene rings is 3. The Balaban J connectivity index is 2.01. The van der Waals surface area contributed by atoms with Crippen molar-refractivity contribution >= 4 is 27.5 Å². The van der Waals surface area contributed by atoms with E-state index in [9.17, 15) is 18.0 Å². The van der Waals surface area contributed by atoms with Crippen molar-refractivity contribution < 1.29 is 27.5 Å². The molecule has 40 heavy (non-hydrogen) atoms. The normalized spacial score (nSPS) is 11.9. The van der Waals surface area contributed by atoms with E-state index in [0.29, 0.717) is 18.0 Å². The zero-order valence-corrected chi connectivity index (χ0v) is 24.4. The molecule has 1 N–H and O–H groups in total. The van der Waals surface area contributed by atoms with Crippen LogP contribution in [0, 0.1) is 5.92 Å². The van der Waals surface area contributed by atoms with E-state index >= 15 is 0 Å². The first-order valence-corrected chi connectivity index (χ1v) is 14.4. The summed E-state index contributed by atoms with van der Waals surface area (Å²) in [5.41, 5.74) is 1.02. The number of carbonyl (C=O) groups excluding carboxylic acids is 2. The molecule has 214 valence electrons. The third-order valence-corrected chi connectivity index (χ3v) is 8.10. The van der Waals surface area contributed by atoms with Gasteiger partial charge in [-0.1, -0.05) is 50.2 Å². The van der Waals surface area contributed by atoms with Crippen molar-refractivity contribution in [3.05, 3.63) is 84.4 Å². The topological polar surface area (TPSA) is 105 Å². The Kier molecular flexibility index (Phi) is 10.6. The number of anilines is 1. The van der Waals surface area contributed by atoms with E-state index in [1.54, 1.807) is 80.8 Å². The Morgan fingerprint density at radius 3 is 2.10 bits per heavy atom. The Labute approximate surface area is 236 Å². The maximum absolute atomic E-state index is 14.0. The fraction of sp³-hybridized carbons (Fsp3) is 0.333.